The molecular weight excluding hydrogens is 323 g/mol. The number of hydrogen-bond acceptors (Lipinski definition) is 3. The second-order valence-electron chi connectivity index (χ2n) is 5.30. The number of fused-ring (bicyclic) bond motifs is 1. The molecule has 126 valence electrons. The lowest BCUT2D eigenvalue weighted by Crippen LogP contribution is -2.28. The highest BCUT2D eigenvalue weighted by atomic mass is 19.4. The Morgan fingerprint density at radius 1 is 1.33 bits per heavy atom. The maximum absolute atomic E-state index is 12.6. The Bertz CT molecular complexity index is 848. The Morgan fingerprint density at radius 2 is 2.08 bits per heavy atom. The van der Waals surface area contributed by atoms with Crippen molar-refractivity contribution in [2.24, 2.45) is 0 Å². The normalized spacial score (nSPS) is 11.8. The third-order valence-electron chi connectivity index (χ3n) is 3.46. The number of carbonyl (C=O) groups excluding carboxylic acids is 1. The molecule has 1 aromatic carbocycles. The van der Waals surface area contributed by atoms with Gasteiger partial charge in [-0.2, -0.15) is 18.3 Å². The standard InChI is InChI=1S/C15H14F3N5O/c1-9-6-12(15(16,17)18)22-23(9)8-14(24)19-7-13-20-10-4-2-3-5-11(10)21-13/h2-6H,7-8H2,1H3,(H,19,24)(H,20,21). The highest BCUT2D eigenvalue weighted by Crippen LogP contribution is 2.28. The van der Waals surface area contributed by atoms with Crippen LogP contribution < -0.4 is 5.32 Å². The summed E-state index contributed by atoms with van der Waals surface area (Å²) in [6.07, 6.45) is -4.53. The molecule has 0 aliphatic heterocycles. The van der Waals surface area contributed by atoms with Gasteiger partial charge in [0.1, 0.15) is 12.4 Å². The van der Waals surface area contributed by atoms with Crippen LogP contribution >= 0.6 is 0 Å². The largest absolute Gasteiger partial charge is 0.435 e. The molecule has 0 unspecified atom stereocenters. The van der Waals surface area contributed by atoms with Crippen LogP contribution in [0.4, 0.5) is 13.2 Å². The number of amides is 1. The minimum Gasteiger partial charge on any atom is -0.347 e. The molecule has 2 aromatic heterocycles. The van der Waals surface area contributed by atoms with Crippen molar-refractivity contribution < 1.29 is 18.0 Å². The Hall–Kier alpha value is -2.84. The van der Waals surface area contributed by atoms with Crippen LogP contribution in [0.3, 0.4) is 0 Å². The van der Waals surface area contributed by atoms with E-state index < -0.39 is 17.8 Å². The number of aryl methyl sites for hydroxylation is 1. The van der Waals surface area contributed by atoms with Gasteiger partial charge in [0.2, 0.25) is 5.91 Å². The van der Waals surface area contributed by atoms with Gasteiger partial charge in [0.05, 0.1) is 17.6 Å². The molecule has 0 saturated carbocycles. The fourth-order valence-corrected chi connectivity index (χ4v) is 2.27. The van der Waals surface area contributed by atoms with Crippen LogP contribution in [0, 0.1) is 6.92 Å². The first-order chi connectivity index (χ1) is 11.3. The third kappa shape index (κ3) is 3.39. The highest BCUT2D eigenvalue weighted by molar-refractivity contribution is 5.76. The monoisotopic (exact) mass is 337 g/mol. The van der Waals surface area contributed by atoms with Gasteiger partial charge in [-0.15, -0.1) is 0 Å². The van der Waals surface area contributed by atoms with Crippen molar-refractivity contribution in [2.75, 3.05) is 0 Å². The minimum absolute atomic E-state index is 0.153. The van der Waals surface area contributed by atoms with Crippen molar-refractivity contribution in [3.63, 3.8) is 0 Å². The fourth-order valence-electron chi connectivity index (χ4n) is 2.27. The van der Waals surface area contributed by atoms with Crippen molar-refractivity contribution in [1.29, 1.82) is 0 Å². The average Bonchev–Trinajstić information content (AvgIpc) is 3.08. The van der Waals surface area contributed by atoms with Crippen molar-refractivity contribution in [3.05, 3.63) is 47.5 Å². The van der Waals surface area contributed by atoms with Crippen LogP contribution in [0.2, 0.25) is 0 Å². The van der Waals surface area contributed by atoms with E-state index in [1.807, 2.05) is 24.3 Å². The fraction of sp³-hybridized carbons (Fsp3) is 0.267. The van der Waals surface area contributed by atoms with E-state index in [1.54, 1.807) is 0 Å². The quantitative estimate of drug-likeness (QED) is 0.768. The SMILES string of the molecule is Cc1cc(C(F)(F)F)nn1CC(=O)NCc1nc2ccccc2[nH]1. The minimum atomic E-state index is -4.53. The van der Waals surface area contributed by atoms with Crippen LogP contribution in [0.25, 0.3) is 11.0 Å². The molecule has 24 heavy (non-hydrogen) atoms. The number of hydrogen-bond donors (Lipinski definition) is 2. The van der Waals surface area contributed by atoms with Crippen LogP contribution in [0.15, 0.2) is 30.3 Å². The van der Waals surface area contributed by atoms with E-state index >= 15 is 0 Å². The number of nitrogens with zero attached hydrogens (tertiary/aromatic N) is 3. The predicted octanol–water partition coefficient (Wildman–Crippen LogP) is 2.40. The van der Waals surface area contributed by atoms with E-state index in [4.69, 9.17) is 0 Å². The molecule has 0 saturated heterocycles. The number of halogens is 3. The lowest BCUT2D eigenvalue weighted by atomic mass is 10.3. The number of aromatic nitrogens is 4. The molecule has 9 heteroatoms. The number of aromatic amines is 1. The van der Waals surface area contributed by atoms with Gasteiger partial charge in [-0.25, -0.2) is 4.98 Å². The maximum atomic E-state index is 12.6. The van der Waals surface area contributed by atoms with E-state index in [2.05, 4.69) is 20.4 Å². The number of benzene rings is 1. The number of imidazole rings is 1. The molecule has 0 spiro atoms. The van der Waals surface area contributed by atoms with Gasteiger partial charge in [0.15, 0.2) is 5.69 Å². The van der Waals surface area contributed by atoms with Crippen molar-refractivity contribution in [3.8, 4) is 0 Å². The van der Waals surface area contributed by atoms with Crippen LogP contribution in [0.1, 0.15) is 17.2 Å². The number of H-pyrrole nitrogens is 1. The number of para-hydroxylation sites is 2. The van der Waals surface area contributed by atoms with Gasteiger partial charge in [-0.05, 0) is 25.1 Å². The van der Waals surface area contributed by atoms with E-state index in [9.17, 15) is 18.0 Å². The second-order valence-corrected chi connectivity index (χ2v) is 5.30. The molecule has 0 radical (unpaired) electrons. The number of carbonyl (C=O) groups is 1. The first-order valence-electron chi connectivity index (χ1n) is 7.15. The molecule has 3 aromatic rings. The molecule has 0 aliphatic rings. The van der Waals surface area contributed by atoms with Gasteiger partial charge >= 0.3 is 6.18 Å². The molecule has 2 N–H and O–H groups in total. The number of rotatable bonds is 4. The Labute approximate surface area is 134 Å². The first kappa shape index (κ1) is 16.0. The van der Waals surface area contributed by atoms with E-state index in [0.717, 1.165) is 21.8 Å². The lowest BCUT2D eigenvalue weighted by Gasteiger charge is -2.05. The molecule has 0 aliphatic carbocycles. The molecule has 0 bridgehead atoms. The zero-order valence-electron chi connectivity index (χ0n) is 12.7. The summed E-state index contributed by atoms with van der Waals surface area (Å²) in [6, 6.07) is 8.32. The van der Waals surface area contributed by atoms with Gasteiger partial charge in [0, 0.05) is 5.69 Å². The third-order valence-corrected chi connectivity index (χ3v) is 3.46. The molecule has 2 heterocycles. The summed E-state index contributed by atoms with van der Waals surface area (Å²) in [5, 5.41) is 6.03. The smallest absolute Gasteiger partial charge is 0.347 e. The molecule has 3 rings (SSSR count). The summed E-state index contributed by atoms with van der Waals surface area (Å²) in [5.41, 5.74) is 0.880. The Kier molecular flexibility index (Phi) is 4.00. The van der Waals surface area contributed by atoms with E-state index in [0.29, 0.717) is 5.82 Å². The number of alkyl halides is 3. The van der Waals surface area contributed by atoms with Crippen LogP contribution in [-0.4, -0.2) is 25.7 Å². The van der Waals surface area contributed by atoms with Crippen LogP contribution in [0.5, 0.6) is 0 Å². The highest BCUT2D eigenvalue weighted by Gasteiger charge is 2.34. The second kappa shape index (κ2) is 5.99. The van der Waals surface area contributed by atoms with Gasteiger partial charge in [0.25, 0.3) is 0 Å². The van der Waals surface area contributed by atoms with E-state index in [1.165, 1.54) is 6.92 Å². The van der Waals surface area contributed by atoms with Crippen molar-refractivity contribution >= 4 is 16.9 Å². The molecule has 0 fully saturated rings. The molecule has 6 nitrogen and oxygen atoms in total. The lowest BCUT2D eigenvalue weighted by molar-refractivity contribution is -0.141. The Morgan fingerprint density at radius 3 is 2.75 bits per heavy atom. The van der Waals surface area contributed by atoms with Gasteiger partial charge in [-0.1, -0.05) is 12.1 Å². The Balaban J connectivity index is 1.62. The van der Waals surface area contributed by atoms with Crippen molar-refractivity contribution in [1.82, 2.24) is 25.1 Å². The predicted molar refractivity (Wildman–Crippen MR) is 79.9 cm³/mol. The molecular formula is C15H14F3N5O. The average molecular weight is 337 g/mol. The maximum Gasteiger partial charge on any atom is 0.435 e. The molecule has 1 amide bonds. The van der Waals surface area contributed by atoms with Gasteiger partial charge in [-0.3, -0.25) is 9.48 Å². The van der Waals surface area contributed by atoms with Gasteiger partial charge < -0.3 is 10.3 Å². The zero-order valence-corrected chi connectivity index (χ0v) is 12.7. The number of nitrogens with one attached hydrogen (secondary N) is 2. The topological polar surface area (TPSA) is 75.6 Å². The zero-order chi connectivity index (χ0) is 17.3. The summed E-state index contributed by atoms with van der Waals surface area (Å²) >= 11 is 0. The summed E-state index contributed by atoms with van der Waals surface area (Å²) in [4.78, 5) is 19.3. The first-order valence-corrected chi connectivity index (χ1v) is 7.15. The van der Waals surface area contributed by atoms with Crippen LogP contribution in [-0.2, 0) is 24.1 Å². The summed E-state index contributed by atoms with van der Waals surface area (Å²) in [6.45, 7) is 1.33. The summed E-state index contributed by atoms with van der Waals surface area (Å²) in [5.74, 6) is 0.119. The summed E-state index contributed by atoms with van der Waals surface area (Å²) < 4.78 is 38.8. The summed E-state index contributed by atoms with van der Waals surface area (Å²) in [7, 11) is 0. The van der Waals surface area contributed by atoms with Crippen molar-refractivity contribution in [2.45, 2.75) is 26.2 Å². The van der Waals surface area contributed by atoms with E-state index in [-0.39, 0.29) is 18.8 Å². The molecule has 0 atom stereocenters.